The fraction of sp³-hybridized carbons (Fsp3) is 0.462. The summed E-state index contributed by atoms with van der Waals surface area (Å²) in [6.45, 7) is 1.26. The molecule has 6 nitrogen and oxygen atoms in total. The van der Waals surface area contributed by atoms with E-state index in [9.17, 15) is 14.9 Å². The average molecular weight is 299 g/mol. The van der Waals surface area contributed by atoms with Crippen LogP contribution in [0.4, 0.5) is 5.69 Å². The van der Waals surface area contributed by atoms with Crippen LogP contribution < -0.4 is 4.74 Å². The molecule has 1 fully saturated rings. The van der Waals surface area contributed by atoms with Crippen LogP contribution in [0.2, 0.25) is 0 Å². The number of likely N-dealkylation sites (tertiary alicyclic amines) is 1. The Balaban J connectivity index is 2.24. The van der Waals surface area contributed by atoms with Crippen molar-refractivity contribution in [1.82, 2.24) is 4.90 Å². The van der Waals surface area contributed by atoms with Crippen LogP contribution >= 0.6 is 11.6 Å². The summed E-state index contributed by atoms with van der Waals surface area (Å²) in [7, 11) is 1.39. The summed E-state index contributed by atoms with van der Waals surface area (Å²) < 4.78 is 5.09. The molecular weight excluding hydrogens is 284 g/mol. The zero-order chi connectivity index (χ0) is 14.7. The smallest absolute Gasteiger partial charge is 0.273 e. The number of nitrogens with zero attached hydrogens (tertiary/aromatic N) is 2. The van der Waals surface area contributed by atoms with Gasteiger partial charge in [-0.05, 0) is 18.4 Å². The molecule has 0 spiro atoms. The molecule has 7 heteroatoms. The molecule has 1 amide bonds. The SMILES string of the molecule is COc1cc([N+](=O)[O-])ccc1C(=O)N1CCC(CCl)C1. The van der Waals surface area contributed by atoms with Gasteiger partial charge in [0.25, 0.3) is 11.6 Å². The number of carbonyl (C=O) groups excluding carboxylic acids is 1. The molecule has 0 aromatic heterocycles. The van der Waals surface area contributed by atoms with Gasteiger partial charge < -0.3 is 9.64 Å². The second kappa shape index (κ2) is 6.09. The van der Waals surface area contributed by atoms with Crippen molar-refractivity contribution in [1.29, 1.82) is 0 Å². The summed E-state index contributed by atoms with van der Waals surface area (Å²) in [6, 6.07) is 4.01. The number of hydrogen-bond donors (Lipinski definition) is 0. The lowest BCUT2D eigenvalue weighted by molar-refractivity contribution is -0.384. The lowest BCUT2D eigenvalue weighted by Gasteiger charge is -2.17. The maximum absolute atomic E-state index is 12.4. The highest BCUT2D eigenvalue weighted by Crippen LogP contribution is 2.28. The average Bonchev–Trinajstić information content (AvgIpc) is 2.94. The molecule has 1 atom stereocenters. The van der Waals surface area contributed by atoms with E-state index in [4.69, 9.17) is 16.3 Å². The van der Waals surface area contributed by atoms with Gasteiger partial charge in [0, 0.05) is 25.0 Å². The van der Waals surface area contributed by atoms with E-state index in [0.717, 1.165) is 6.42 Å². The standard InChI is InChI=1S/C13H15ClN2O4/c1-20-12-6-10(16(18)19)2-3-11(12)13(17)15-5-4-9(7-14)8-15/h2-3,6,9H,4-5,7-8H2,1H3. The molecule has 1 aliphatic rings. The van der Waals surface area contributed by atoms with Crippen molar-refractivity contribution in [3.8, 4) is 5.75 Å². The molecule has 0 N–H and O–H groups in total. The number of carbonyl (C=O) groups is 1. The Morgan fingerprint density at radius 1 is 1.60 bits per heavy atom. The number of benzene rings is 1. The quantitative estimate of drug-likeness (QED) is 0.486. The predicted octanol–water partition coefficient (Wildman–Crippen LogP) is 2.30. The number of non-ortho nitro benzene ring substituents is 1. The highest BCUT2D eigenvalue weighted by molar-refractivity contribution is 6.18. The molecule has 1 aromatic rings. The topological polar surface area (TPSA) is 72.7 Å². The molecule has 108 valence electrons. The van der Waals surface area contributed by atoms with Crippen molar-refractivity contribution in [2.24, 2.45) is 5.92 Å². The summed E-state index contributed by atoms with van der Waals surface area (Å²) in [4.78, 5) is 24.3. The van der Waals surface area contributed by atoms with Gasteiger partial charge in [-0.15, -0.1) is 11.6 Å². The number of hydrogen-bond acceptors (Lipinski definition) is 4. The monoisotopic (exact) mass is 298 g/mol. The predicted molar refractivity (Wildman–Crippen MR) is 74.4 cm³/mol. The Hall–Kier alpha value is -1.82. The summed E-state index contributed by atoms with van der Waals surface area (Å²) in [5.41, 5.74) is 0.242. The van der Waals surface area contributed by atoms with Crippen LogP contribution in [0, 0.1) is 16.0 Å². The van der Waals surface area contributed by atoms with Crippen LogP contribution in [0.25, 0.3) is 0 Å². The third kappa shape index (κ3) is 2.85. The second-order valence-corrected chi connectivity index (χ2v) is 5.01. The highest BCUT2D eigenvalue weighted by Gasteiger charge is 2.28. The number of nitro groups is 1. The zero-order valence-electron chi connectivity index (χ0n) is 11.0. The minimum atomic E-state index is -0.518. The maximum atomic E-state index is 12.4. The zero-order valence-corrected chi connectivity index (χ0v) is 11.8. The van der Waals surface area contributed by atoms with Gasteiger partial charge in [-0.25, -0.2) is 0 Å². The van der Waals surface area contributed by atoms with Crippen LogP contribution in [0.3, 0.4) is 0 Å². The van der Waals surface area contributed by atoms with Gasteiger partial charge >= 0.3 is 0 Å². The van der Waals surface area contributed by atoms with Gasteiger partial charge in [0.05, 0.1) is 23.7 Å². The number of halogens is 1. The molecule has 2 rings (SSSR count). The van der Waals surface area contributed by atoms with Crippen LogP contribution in [0.5, 0.6) is 5.75 Å². The van der Waals surface area contributed by atoms with E-state index < -0.39 is 4.92 Å². The number of ether oxygens (including phenoxy) is 1. The fourth-order valence-electron chi connectivity index (χ4n) is 2.28. The molecule has 0 radical (unpaired) electrons. The second-order valence-electron chi connectivity index (χ2n) is 4.70. The van der Waals surface area contributed by atoms with Crippen molar-refractivity contribution in [2.75, 3.05) is 26.1 Å². The van der Waals surface area contributed by atoms with Gasteiger partial charge in [-0.1, -0.05) is 0 Å². The number of amides is 1. The van der Waals surface area contributed by atoms with Gasteiger partial charge in [-0.2, -0.15) is 0 Å². The van der Waals surface area contributed by atoms with E-state index in [1.165, 1.54) is 25.3 Å². The third-order valence-electron chi connectivity index (χ3n) is 3.42. The largest absolute Gasteiger partial charge is 0.496 e. The Morgan fingerprint density at radius 3 is 2.90 bits per heavy atom. The molecule has 0 bridgehead atoms. The molecule has 1 heterocycles. The van der Waals surface area contributed by atoms with Crippen LogP contribution in [0.15, 0.2) is 18.2 Å². The first-order chi connectivity index (χ1) is 9.56. The first-order valence-corrected chi connectivity index (χ1v) is 6.78. The molecule has 1 aromatic carbocycles. The van der Waals surface area contributed by atoms with Gasteiger partial charge in [0.15, 0.2) is 0 Å². The molecule has 1 unspecified atom stereocenters. The fourth-order valence-corrected chi connectivity index (χ4v) is 2.54. The number of methoxy groups -OCH3 is 1. The normalized spacial score (nSPS) is 18.1. The van der Waals surface area contributed by atoms with Gasteiger partial charge in [0.1, 0.15) is 5.75 Å². The molecule has 20 heavy (non-hydrogen) atoms. The summed E-state index contributed by atoms with van der Waals surface area (Å²) in [5.74, 6) is 0.883. The molecule has 0 aliphatic carbocycles. The number of rotatable bonds is 4. The molecule has 0 saturated carbocycles. The number of alkyl halides is 1. The first kappa shape index (κ1) is 14.6. The van der Waals surface area contributed by atoms with E-state index >= 15 is 0 Å². The Morgan fingerprint density at radius 2 is 2.35 bits per heavy atom. The highest BCUT2D eigenvalue weighted by atomic mass is 35.5. The van der Waals surface area contributed by atoms with Crippen LogP contribution in [-0.2, 0) is 0 Å². The maximum Gasteiger partial charge on any atom is 0.273 e. The van der Waals surface area contributed by atoms with E-state index in [0.29, 0.717) is 30.5 Å². The Labute approximate surface area is 121 Å². The summed E-state index contributed by atoms with van der Waals surface area (Å²) in [5, 5.41) is 10.7. The van der Waals surface area contributed by atoms with Gasteiger partial charge in [0.2, 0.25) is 0 Å². The minimum Gasteiger partial charge on any atom is -0.496 e. The van der Waals surface area contributed by atoms with Gasteiger partial charge in [-0.3, -0.25) is 14.9 Å². The van der Waals surface area contributed by atoms with Crippen LogP contribution in [0.1, 0.15) is 16.8 Å². The summed E-state index contributed by atoms with van der Waals surface area (Å²) in [6.07, 6.45) is 0.880. The third-order valence-corrected chi connectivity index (χ3v) is 3.85. The molecule has 1 saturated heterocycles. The van der Waals surface area contributed by atoms with Crippen molar-refractivity contribution in [3.05, 3.63) is 33.9 Å². The van der Waals surface area contributed by atoms with E-state index in [1.807, 2.05) is 0 Å². The van der Waals surface area contributed by atoms with Crippen LogP contribution in [-0.4, -0.2) is 41.8 Å². The van der Waals surface area contributed by atoms with Crippen molar-refractivity contribution >= 4 is 23.2 Å². The minimum absolute atomic E-state index is 0.0987. The first-order valence-electron chi connectivity index (χ1n) is 6.24. The summed E-state index contributed by atoms with van der Waals surface area (Å²) >= 11 is 5.80. The Bertz CT molecular complexity index is 535. The molecule has 1 aliphatic heterocycles. The molecular formula is C13H15ClN2O4. The van der Waals surface area contributed by atoms with E-state index in [1.54, 1.807) is 4.90 Å². The van der Waals surface area contributed by atoms with E-state index in [-0.39, 0.29) is 17.3 Å². The lowest BCUT2D eigenvalue weighted by atomic mass is 10.1. The van der Waals surface area contributed by atoms with Crippen molar-refractivity contribution in [2.45, 2.75) is 6.42 Å². The van der Waals surface area contributed by atoms with Crippen molar-refractivity contribution in [3.63, 3.8) is 0 Å². The Kier molecular flexibility index (Phi) is 4.44. The number of nitro benzene ring substituents is 1. The van der Waals surface area contributed by atoms with E-state index in [2.05, 4.69) is 0 Å². The lowest BCUT2D eigenvalue weighted by Crippen LogP contribution is -2.29. The van der Waals surface area contributed by atoms with Crippen molar-refractivity contribution < 1.29 is 14.5 Å².